The van der Waals surface area contributed by atoms with Crippen molar-refractivity contribution in [3.63, 3.8) is 0 Å². The molecule has 1 aliphatic rings. The molecule has 0 amide bonds. The van der Waals surface area contributed by atoms with E-state index in [0.717, 1.165) is 11.1 Å². The Kier molecular flexibility index (Phi) is 2.50. The first-order valence-corrected chi connectivity index (χ1v) is 7.40. The van der Waals surface area contributed by atoms with Crippen LogP contribution in [-0.2, 0) is 15.6 Å². The highest BCUT2D eigenvalue weighted by Crippen LogP contribution is 2.34. The summed E-state index contributed by atoms with van der Waals surface area (Å²) in [5.41, 5.74) is 8.58. The molecule has 2 aromatic rings. The summed E-state index contributed by atoms with van der Waals surface area (Å²) in [4.78, 5) is 0.355. The Morgan fingerprint density at radius 2 is 1.56 bits per heavy atom. The van der Waals surface area contributed by atoms with Gasteiger partial charge in [0, 0.05) is 0 Å². The fourth-order valence-electron chi connectivity index (χ4n) is 2.44. The maximum atomic E-state index is 12.3. The van der Waals surface area contributed by atoms with Gasteiger partial charge in [0.2, 0.25) is 0 Å². The molecule has 0 bridgehead atoms. The van der Waals surface area contributed by atoms with Crippen LogP contribution < -0.4 is 5.73 Å². The quantitative estimate of drug-likeness (QED) is 0.787. The zero-order chi connectivity index (χ0) is 12.8. The number of hydrogen-bond donors (Lipinski definition) is 1. The van der Waals surface area contributed by atoms with Crippen LogP contribution in [0.5, 0.6) is 0 Å². The van der Waals surface area contributed by atoms with E-state index in [-0.39, 0.29) is 11.8 Å². The molecule has 1 aliphatic heterocycles. The molecule has 2 aromatic carbocycles. The highest BCUT2D eigenvalue weighted by Gasteiger charge is 2.28. The van der Waals surface area contributed by atoms with Crippen LogP contribution in [0, 0.1) is 0 Å². The third-order valence-electron chi connectivity index (χ3n) is 3.32. The van der Waals surface area contributed by atoms with Crippen LogP contribution in [0.4, 0.5) is 0 Å². The molecule has 18 heavy (non-hydrogen) atoms. The molecule has 1 unspecified atom stereocenters. The lowest BCUT2D eigenvalue weighted by atomic mass is 9.96. The number of nitrogens with two attached hydrogens (primary N) is 1. The summed E-state index contributed by atoms with van der Waals surface area (Å²) in [5, 5.41) is 0. The van der Waals surface area contributed by atoms with Crippen molar-refractivity contribution in [3.8, 4) is 0 Å². The maximum absolute atomic E-state index is 12.3. The summed E-state index contributed by atoms with van der Waals surface area (Å²) < 4.78 is 24.7. The standard InChI is InChI=1S/C14H13NO2S/c15-14-11-6-2-1-5-10(11)9-18(16,17)13-8-4-3-7-12(13)14/h1-8,14H,9,15H2. The molecule has 0 spiro atoms. The molecule has 92 valence electrons. The van der Waals surface area contributed by atoms with Gasteiger partial charge in [0.25, 0.3) is 0 Å². The Bertz CT molecular complexity index is 707. The van der Waals surface area contributed by atoms with E-state index in [9.17, 15) is 8.42 Å². The highest BCUT2D eigenvalue weighted by atomic mass is 32.2. The molecule has 1 heterocycles. The summed E-state index contributed by atoms with van der Waals surface area (Å²) in [6.45, 7) is 0. The molecule has 0 saturated heterocycles. The molecule has 0 saturated carbocycles. The van der Waals surface area contributed by atoms with Gasteiger partial charge in [0.15, 0.2) is 9.84 Å². The van der Waals surface area contributed by atoms with Crippen LogP contribution in [0.25, 0.3) is 0 Å². The van der Waals surface area contributed by atoms with E-state index >= 15 is 0 Å². The molecule has 2 N–H and O–H groups in total. The molecule has 0 fully saturated rings. The van der Waals surface area contributed by atoms with E-state index in [1.165, 1.54) is 0 Å². The smallest absolute Gasteiger partial charge is 0.182 e. The lowest BCUT2D eigenvalue weighted by molar-refractivity contribution is 0.595. The van der Waals surface area contributed by atoms with E-state index in [0.29, 0.717) is 10.5 Å². The Balaban J connectivity index is 2.35. The predicted molar refractivity (Wildman–Crippen MR) is 69.8 cm³/mol. The van der Waals surface area contributed by atoms with Crippen molar-refractivity contribution in [2.45, 2.75) is 16.7 Å². The SMILES string of the molecule is NC1c2ccccc2CS(=O)(=O)c2ccccc21. The topological polar surface area (TPSA) is 60.2 Å². The van der Waals surface area contributed by atoms with Crippen molar-refractivity contribution < 1.29 is 8.42 Å². The first-order valence-electron chi connectivity index (χ1n) is 5.75. The van der Waals surface area contributed by atoms with Gasteiger partial charge in [-0.25, -0.2) is 8.42 Å². The van der Waals surface area contributed by atoms with Crippen molar-refractivity contribution in [1.82, 2.24) is 0 Å². The summed E-state index contributed by atoms with van der Waals surface area (Å²) >= 11 is 0. The van der Waals surface area contributed by atoms with Crippen molar-refractivity contribution in [2.24, 2.45) is 5.73 Å². The van der Waals surface area contributed by atoms with Gasteiger partial charge in [-0.05, 0) is 22.8 Å². The van der Waals surface area contributed by atoms with Crippen LogP contribution in [-0.4, -0.2) is 8.42 Å². The van der Waals surface area contributed by atoms with Crippen molar-refractivity contribution in [3.05, 3.63) is 65.2 Å². The fourth-order valence-corrected chi connectivity index (χ4v) is 4.11. The van der Waals surface area contributed by atoms with Gasteiger partial charge in [0.05, 0.1) is 16.7 Å². The second kappa shape index (κ2) is 3.93. The largest absolute Gasteiger partial charge is 0.320 e. The maximum Gasteiger partial charge on any atom is 0.182 e. The fraction of sp³-hybridized carbons (Fsp3) is 0.143. The molecular weight excluding hydrogens is 246 g/mol. The third kappa shape index (κ3) is 1.65. The monoisotopic (exact) mass is 259 g/mol. The summed E-state index contributed by atoms with van der Waals surface area (Å²) in [6.07, 6.45) is 0. The minimum absolute atomic E-state index is 0.0217. The lowest BCUT2D eigenvalue weighted by Gasteiger charge is -2.13. The first kappa shape index (κ1) is 11.4. The molecule has 1 atom stereocenters. The molecule has 3 nitrogen and oxygen atoms in total. The Morgan fingerprint density at radius 3 is 2.33 bits per heavy atom. The second-order valence-electron chi connectivity index (χ2n) is 4.47. The number of hydrogen-bond acceptors (Lipinski definition) is 3. The minimum atomic E-state index is -3.30. The van der Waals surface area contributed by atoms with Gasteiger partial charge in [-0.15, -0.1) is 0 Å². The van der Waals surface area contributed by atoms with E-state index in [4.69, 9.17) is 5.73 Å². The first-order chi connectivity index (χ1) is 8.59. The Morgan fingerprint density at radius 1 is 0.944 bits per heavy atom. The third-order valence-corrected chi connectivity index (χ3v) is 5.06. The van der Waals surface area contributed by atoms with Crippen molar-refractivity contribution >= 4 is 9.84 Å². The summed E-state index contributed by atoms with van der Waals surface area (Å²) in [5.74, 6) is 0.0217. The molecular formula is C14H13NO2S. The van der Waals surface area contributed by atoms with Gasteiger partial charge in [-0.2, -0.15) is 0 Å². The number of sulfone groups is 1. The average Bonchev–Trinajstić information content (AvgIpc) is 2.45. The number of rotatable bonds is 0. The van der Waals surface area contributed by atoms with E-state index in [2.05, 4.69) is 0 Å². The second-order valence-corrected chi connectivity index (χ2v) is 6.43. The minimum Gasteiger partial charge on any atom is -0.320 e. The van der Waals surface area contributed by atoms with E-state index in [1.54, 1.807) is 18.2 Å². The van der Waals surface area contributed by atoms with Crippen molar-refractivity contribution in [2.75, 3.05) is 0 Å². The molecule has 3 rings (SSSR count). The predicted octanol–water partition coefficient (Wildman–Crippen LogP) is 2.02. The van der Waals surface area contributed by atoms with Gasteiger partial charge in [-0.1, -0.05) is 42.5 Å². The van der Waals surface area contributed by atoms with Crippen LogP contribution in [0.2, 0.25) is 0 Å². The molecule has 0 aliphatic carbocycles. The van der Waals surface area contributed by atoms with Gasteiger partial charge in [0.1, 0.15) is 0 Å². The van der Waals surface area contributed by atoms with Crippen LogP contribution in [0.1, 0.15) is 22.7 Å². The van der Waals surface area contributed by atoms with Gasteiger partial charge in [-0.3, -0.25) is 0 Å². The highest BCUT2D eigenvalue weighted by molar-refractivity contribution is 7.90. The summed E-state index contributed by atoms with van der Waals surface area (Å²) in [6, 6.07) is 14.1. The van der Waals surface area contributed by atoms with Gasteiger partial charge >= 0.3 is 0 Å². The normalized spacial score (nSPS) is 20.6. The summed E-state index contributed by atoms with van der Waals surface area (Å²) in [7, 11) is -3.30. The van der Waals surface area contributed by atoms with Crippen molar-refractivity contribution in [1.29, 1.82) is 0 Å². The van der Waals surface area contributed by atoms with Crippen LogP contribution in [0.15, 0.2) is 53.4 Å². The average molecular weight is 259 g/mol. The van der Waals surface area contributed by atoms with E-state index in [1.807, 2.05) is 30.3 Å². The Labute approximate surface area is 106 Å². The molecule has 4 heteroatoms. The molecule has 0 radical (unpaired) electrons. The zero-order valence-electron chi connectivity index (χ0n) is 9.71. The van der Waals surface area contributed by atoms with Crippen LogP contribution >= 0.6 is 0 Å². The van der Waals surface area contributed by atoms with Crippen LogP contribution in [0.3, 0.4) is 0 Å². The van der Waals surface area contributed by atoms with Gasteiger partial charge < -0.3 is 5.73 Å². The zero-order valence-corrected chi connectivity index (χ0v) is 10.5. The molecule has 0 aromatic heterocycles. The lowest BCUT2D eigenvalue weighted by Crippen LogP contribution is -2.13. The Hall–Kier alpha value is -1.65. The number of fused-ring (bicyclic) bond motifs is 2. The number of benzene rings is 2. The van der Waals surface area contributed by atoms with E-state index < -0.39 is 9.84 Å².